The smallest absolute Gasteiger partial charge is 0.260 e. The van der Waals surface area contributed by atoms with Crippen LogP contribution in [0.4, 0.5) is 8.78 Å². The fraction of sp³-hybridized carbons (Fsp3) is 1.00. The van der Waals surface area contributed by atoms with E-state index < -0.39 is 5.92 Å². The lowest BCUT2D eigenvalue weighted by Gasteiger charge is -2.48. The van der Waals surface area contributed by atoms with Crippen molar-refractivity contribution in [3.05, 3.63) is 0 Å². The second-order valence-corrected chi connectivity index (χ2v) is 6.64. The third kappa shape index (κ3) is 3.27. The van der Waals surface area contributed by atoms with E-state index in [1.807, 2.05) is 11.9 Å². The molecule has 0 heterocycles. The van der Waals surface area contributed by atoms with Crippen molar-refractivity contribution in [2.75, 3.05) is 13.6 Å². The number of rotatable bonds is 4. The third-order valence-electron chi connectivity index (χ3n) is 5.31. The Morgan fingerprint density at radius 2 is 1.89 bits per heavy atom. The molecule has 1 N–H and O–H groups in total. The monoisotopic (exact) mass is 275 g/mol. The Labute approximate surface area is 115 Å². The van der Waals surface area contributed by atoms with Crippen molar-refractivity contribution in [3.8, 4) is 0 Å². The van der Waals surface area contributed by atoms with E-state index in [4.69, 9.17) is 0 Å². The quantitative estimate of drug-likeness (QED) is 0.849. The summed E-state index contributed by atoms with van der Waals surface area (Å²) >= 11 is 0. The van der Waals surface area contributed by atoms with Crippen molar-refractivity contribution < 1.29 is 13.9 Å². The highest BCUT2D eigenvalue weighted by Crippen LogP contribution is 2.51. The zero-order chi connectivity index (χ0) is 14.1. The zero-order valence-corrected chi connectivity index (χ0v) is 12.2. The summed E-state index contributed by atoms with van der Waals surface area (Å²) in [5, 5.41) is 9.91. The Balaban J connectivity index is 2.09. The average molecular weight is 275 g/mol. The first-order valence-corrected chi connectivity index (χ1v) is 7.65. The first-order chi connectivity index (χ1) is 8.88. The Bertz CT molecular complexity index is 303. The molecule has 4 heteroatoms. The molecule has 2 aliphatic carbocycles. The first-order valence-electron chi connectivity index (χ1n) is 7.65. The number of alkyl halides is 2. The maximum absolute atomic E-state index is 13.6. The third-order valence-corrected chi connectivity index (χ3v) is 5.31. The number of nitrogens with zero attached hydrogens (tertiary/aromatic N) is 1. The number of aliphatic hydroxyl groups is 1. The van der Waals surface area contributed by atoms with Crippen molar-refractivity contribution in [2.45, 2.75) is 76.4 Å². The molecule has 0 bridgehead atoms. The summed E-state index contributed by atoms with van der Waals surface area (Å²) in [4.78, 5) is 1.83. The topological polar surface area (TPSA) is 23.5 Å². The van der Waals surface area contributed by atoms with Gasteiger partial charge in [0.15, 0.2) is 0 Å². The highest BCUT2D eigenvalue weighted by atomic mass is 19.3. The fourth-order valence-corrected chi connectivity index (χ4v) is 4.14. The molecule has 2 rings (SSSR count). The molecule has 2 saturated carbocycles. The van der Waals surface area contributed by atoms with Crippen molar-refractivity contribution in [1.82, 2.24) is 4.90 Å². The van der Waals surface area contributed by atoms with E-state index in [-0.39, 0.29) is 30.5 Å². The van der Waals surface area contributed by atoms with Crippen LogP contribution < -0.4 is 0 Å². The average Bonchev–Trinajstić information content (AvgIpc) is 2.81. The molecule has 0 amide bonds. The van der Waals surface area contributed by atoms with Gasteiger partial charge in [0.05, 0.1) is 12.6 Å². The SMILES string of the molecule is CCC(F)(F)CN(C)C1CC(O)CCC12CCCC2. The molecule has 0 radical (unpaired) electrons. The summed E-state index contributed by atoms with van der Waals surface area (Å²) < 4.78 is 27.3. The molecule has 2 atom stereocenters. The molecule has 1 spiro atoms. The van der Waals surface area contributed by atoms with Crippen LogP contribution in [0, 0.1) is 5.41 Å². The molecule has 0 aromatic carbocycles. The van der Waals surface area contributed by atoms with Crippen LogP contribution >= 0.6 is 0 Å². The predicted octanol–water partition coefficient (Wildman–Crippen LogP) is 3.44. The fourth-order valence-electron chi connectivity index (χ4n) is 4.14. The maximum atomic E-state index is 13.6. The molecule has 2 fully saturated rings. The summed E-state index contributed by atoms with van der Waals surface area (Å²) in [6.07, 6.45) is 6.80. The van der Waals surface area contributed by atoms with Crippen LogP contribution in [0.3, 0.4) is 0 Å². The van der Waals surface area contributed by atoms with E-state index >= 15 is 0 Å². The minimum Gasteiger partial charge on any atom is -0.393 e. The van der Waals surface area contributed by atoms with Gasteiger partial charge in [-0.25, -0.2) is 8.78 Å². The molecular formula is C15H27F2NO. The van der Waals surface area contributed by atoms with Crippen LogP contribution in [0.1, 0.15) is 58.3 Å². The van der Waals surface area contributed by atoms with Gasteiger partial charge in [0.2, 0.25) is 0 Å². The summed E-state index contributed by atoms with van der Waals surface area (Å²) in [7, 11) is 1.81. The second-order valence-electron chi connectivity index (χ2n) is 6.64. The van der Waals surface area contributed by atoms with Crippen LogP contribution in [0.2, 0.25) is 0 Å². The van der Waals surface area contributed by atoms with Crippen molar-refractivity contribution >= 4 is 0 Å². The van der Waals surface area contributed by atoms with Crippen molar-refractivity contribution in [3.63, 3.8) is 0 Å². The summed E-state index contributed by atoms with van der Waals surface area (Å²) in [5.41, 5.74) is 0.192. The predicted molar refractivity (Wildman–Crippen MR) is 72.4 cm³/mol. The number of aliphatic hydroxyl groups excluding tert-OH is 1. The van der Waals surface area contributed by atoms with E-state index in [0.717, 1.165) is 25.7 Å². The normalized spacial score (nSPS) is 31.3. The van der Waals surface area contributed by atoms with Gasteiger partial charge in [-0.2, -0.15) is 0 Å². The van der Waals surface area contributed by atoms with Gasteiger partial charge in [-0.1, -0.05) is 19.8 Å². The summed E-state index contributed by atoms with van der Waals surface area (Å²) in [6.45, 7) is 1.36. The summed E-state index contributed by atoms with van der Waals surface area (Å²) in [6, 6.07) is 0.121. The zero-order valence-electron chi connectivity index (χ0n) is 12.2. The standard InChI is InChI=1S/C15H27F2NO/c1-3-15(16,17)11-18(2)13-10-12(19)6-9-14(13)7-4-5-8-14/h12-13,19H,3-11H2,1-2H3. The molecule has 19 heavy (non-hydrogen) atoms. The van der Waals surface area contributed by atoms with Crippen LogP contribution in [-0.4, -0.2) is 41.7 Å². The van der Waals surface area contributed by atoms with E-state index in [1.165, 1.54) is 19.8 Å². The lowest BCUT2D eigenvalue weighted by Crippen LogP contribution is -2.52. The molecular weight excluding hydrogens is 248 g/mol. The van der Waals surface area contributed by atoms with Crippen LogP contribution in [0.5, 0.6) is 0 Å². The maximum Gasteiger partial charge on any atom is 0.260 e. The van der Waals surface area contributed by atoms with Gasteiger partial charge in [-0.3, -0.25) is 4.90 Å². The number of hydrogen-bond donors (Lipinski definition) is 1. The molecule has 0 aromatic rings. The van der Waals surface area contributed by atoms with Crippen molar-refractivity contribution in [2.24, 2.45) is 5.41 Å². The lowest BCUT2D eigenvalue weighted by atomic mass is 9.67. The number of hydrogen-bond acceptors (Lipinski definition) is 2. The minimum absolute atomic E-state index is 0.111. The molecule has 2 aliphatic rings. The van der Waals surface area contributed by atoms with E-state index in [2.05, 4.69) is 0 Å². The molecule has 0 aliphatic heterocycles. The second kappa shape index (κ2) is 5.65. The molecule has 0 saturated heterocycles. The number of halogens is 2. The Morgan fingerprint density at radius 1 is 1.26 bits per heavy atom. The largest absolute Gasteiger partial charge is 0.393 e. The van der Waals surface area contributed by atoms with Crippen molar-refractivity contribution in [1.29, 1.82) is 0 Å². The van der Waals surface area contributed by atoms with E-state index in [1.54, 1.807) is 0 Å². The highest BCUT2D eigenvalue weighted by Gasteiger charge is 2.47. The van der Waals surface area contributed by atoms with E-state index in [0.29, 0.717) is 6.42 Å². The van der Waals surface area contributed by atoms with Crippen LogP contribution in [0.25, 0.3) is 0 Å². The van der Waals surface area contributed by atoms with Gasteiger partial charge in [0.1, 0.15) is 0 Å². The molecule has 2 nitrogen and oxygen atoms in total. The summed E-state index contributed by atoms with van der Waals surface area (Å²) in [5.74, 6) is -2.61. The Hall–Kier alpha value is -0.220. The van der Waals surface area contributed by atoms with Crippen LogP contribution in [-0.2, 0) is 0 Å². The van der Waals surface area contributed by atoms with Gasteiger partial charge in [-0.05, 0) is 44.6 Å². The van der Waals surface area contributed by atoms with E-state index in [9.17, 15) is 13.9 Å². The molecule has 0 aromatic heterocycles. The Morgan fingerprint density at radius 3 is 2.47 bits per heavy atom. The van der Waals surface area contributed by atoms with Gasteiger partial charge < -0.3 is 5.11 Å². The van der Waals surface area contributed by atoms with Crippen LogP contribution in [0.15, 0.2) is 0 Å². The minimum atomic E-state index is -2.61. The highest BCUT2D eigenvalue weighted by molar-refractivity contribution is 5.00. The van der Waals surface area contributed by atoms with Gasteiger partial charge in [0.25, 0.3) is 5.92 Å². The Kier molecular flexibility index (Phi) is 4.51. The lowest BCUT2D eigenvalue weighted by molar-refractivity contribution is -0.0765. The van der Waals surface area contributed by atoms with Gasteiger partial charge in [0, 0.05) is 12.5 Å². The van der Waals surface area contributed by atoms with Gasteiger partial charge >= 0.3 is 0 Å². The van der Waals surface area contributed by atoms with Gasteiger partial charge in [-0.15, -0.1) is 0 Å². The molecule has 2 unspecified atom stereocenters. The molecule has 112 valence electrons. The first kappa shape index (κ1) is 15.2.